The molecular weight excluding hydrogens is 252 g/mol. The van der Waals surface area contributed by atoms with Crippen LogP contribution in [-0.4, -0.2) is 51.9 Å². The van der Waals surface area contributed by atoms with E-state index in [0.29, 0.717) is 11.5 Å². The molecule has 2 N–H and O–H groups in total. The van der Waals surface area contributed by atoms with Crippen molar-refractivity contribution in [3.8, 4) is 0 Å². The summed E-state index contributed by atoms with van der Waals surface area (Å²) in [4.78, 5) is 13.8. The fourth-order valence-electron chi connectivity index (χ4n) is 1.80. The molecule has 0 aromatic heterocycles. The van der Waals surface area contributed by atoms with E-state index in [-0.39, 0.29) is 12.6 Å². The van der Waals surface area contributed by atoms with E-state index in [1.165, 1.54) is 0 Å². The monoisotopic (exact) mass is 274 g/mol. The van der Waals surface area contributed by atoms with Gasteiger partial charge in [0.05, 0.1) is 12.1 Å². The molecule has 0 saturated carbocycles. The van der Waals surface area contributed by atoms with Crippen LogP contribution in [0.15, 0.2) is 0 Å². The normalized spacial score (nSPS) is 28.9. The third-order valence-corrected chi connectivity index (χ3v) is 3.48. The van der Waals surface area contributed by atoms with E-state index < -0.39 is 17.2 Å². The zero-order valence-electron chi connectivity index (χ0n) is 11.6. The molecule has 5 nitrogen and oxygen atoms in total. The second kappa shape index (κ2) is 5.01. The summed E-state index contributed by atoms with van der Waals surface area (Å²) < 4.78 is 5.34. The number of hydrogen-bond donors (Lipinski definition) is 2. The minimum absolute atomic E-state index is 0.0649. The van der Waals surface area contributed by atoms with Crippen LogP contribution in [-0.2, 0) is 9.53 Å². The van der Waals surface area contributed by atoms with E-state index in [0.717, 1.165) is 0 Å². The molecule has 0 amide bonds. The smallest absolute Gasteiger partial charge is 0.329 e. The number of thiocarbonyl (C=S) groups is 1. The highest BCUT2D eigenvalue weighted by atomic mass is 32.1. The van der Waals surface area contributed by atoms with Crippen LogP contribution >= 0.6 is 12.2 Å². The fourth-order valence-corrected chi connectivity index (χ4v) is 2.17. The topological polar surface area (TPSA) is 61.8 Å². The number of carbonyl (C=O) groups excluding carboxylic acids is 1. The molecule has 18 heavy (non-hydrogen) atoms. The molecule has 0 spiro atoms. The standard InChI is InChI=1S/C12H22N2O3S/c1-11(2,3)17-9(16)8-6-12(4,7-15)14(5)10(18)13-8/h8,15H,6-7H2,1-5H3,(H,13,18)/t8-,12+/m0/s1. The van der Waals surface area contributed by atoms with E-state index in [4.69, 9.17) is 17.0 Å². The van der Waals surface area contributed by atoms with Gasteiger partial charge >= 0.3 is 5.97 Å². The van der Waals surface area contributed by atoms with Crippen molar-refractivity contribution in [2.75, 3.05) is 13.7 Å². The lowest BCUT2D eigenvalue weighted by Gasteiger charge is -2.46. The molecule has 1 fully saturated rings. The molecule has 0 aliphatic carbocycles. The van der Waals surface area contributed by atoms with E-state index in [9.17, 15) is 9.90 Å². The molecule has 6 heteroatoms. The van der Waals surface area contributed by atoms with Gasteiger partial charge in [-0.1, -0.05) is 0 Å². The third-order valence-electron chi connectivity index (χ3n) is 3.09. The van der Waals surface area contributed by atoms with E-state index in [2.05, 4.69) is 5.32 Å². The quantitative estimate of drug-likeness (QED) is 0.570. The summed E-state index contributed by atoms with van der Waals surface area (Å²) in [6, 6.07) is -0.509. The Morgan fingerprint density at radius 1 is 1.67 bits per heavy atom. The van der Waals surface area contributed by atoms with Gasteiger partial charge in [0.25, 0.3) is 0 Å². The predicted octanol–water partition coefficient (Wildman–Crippen LogP) is 0.658. The van der Waals surface area contributed by atoms with Crippen LogP contribution in [0.1, 0.15) is 34.1 Å². The lowest BCUT2D eigenvalue weighted by atomic mass is 9.90. The Balaban J connectivity index is 2.81. The maximum absolute atomic E-state index is 12.0. The number of hydrogen-bond acceptors (Lipinski definition) is 4. The molecule has 2 atom stereocenters. The van der Waals surface area contributed by atoms with Crippen molar-refractivity contribution < 1.29 is 14.6 Å². The average Bonchev–Trinajstić information content (AvgIpc) is 2.23. The van der Waals surface area contributed by atoms with Gasteiger partial charge in [0.15, 0.2) is 5.11 Å². The summed E-state index contributed by atoms with van der Waals surface area (Å²) in [7, 11) is 1.80. The van der Waals surface area contributed by atoms with Gasteiger partial charge in [-0.05, 0) is 39.9 Å². The Morgan fingerprint density at radius 3 is 2.67 bits per heavy atom. The highest BCUT2D eigenvalue weighted by molar-refractivity contribution is 7.80. The fraction of sp³-hybridized carbons (Fsp3) is 0.833. The van der Waals surface area contributed by atoms with E-state index >= 15 is 0 Å². The van der Waals surface area contributed by atoms with Crippen molar-refractivity contribution in [1.82, 2.24) is 10.2 Å². The largest absolute Gasteiger partial charge is 0.458 e. The lowest BCUT2D eigenvalue weighted by molar-refractivity contribution is -0.158. The first kappa shape index (κ1) is 15.2. The first-order valence-corrected chi connectivity index (χ1v) is 6.38. The first-order valence-electron chi connectivity index (χ1n) is 5.97. The summed E-state index contributed by atoms with van der Waals surface area (Å²) >= 11 is 5.18. The minimum Gasteiger partial charge on any atom is -0.458 e. The number of esters is 1. The molecule has 1 rings (SSSR count). The molecule has 0 unspecified atom stereocenters. The zero-order valence-corrected chi connectivity index (χ0v) is 12.4. The van der Waals surface area contributed by atoms with Gasteiger partial charge in [-0.25, -0.2) is 4.79 Å². The zero-order chi connectivity index (χ0) is 14.1. The molecule has 1 saturated heterocycles. The molecule has 0 bridgehead atoms. The SMILES string of the molecule is CN1C(=S)N[C@H](C(=O)OC(C)(C)C)C[C@]1(C)CO. The van der Waals surface area contributed by atoms with Gasteiger partial charge in [-0.2, -0.15) is 0 Å². The summed E-state index contributed by atoms with van der Waals surface area (Å²) in [5.74, 6) is -0.336. The number of aliphatic hydroxyl groups is 1. The van der Waals surface area contributed by atoms with Crippen molar-refractivity contribution in [2.24, 2.45) is 0 Å². The number of nitrogens with one attached hydrogen (secondary N) is 1. The number of rotatable bonds is 2. The second-order valence-corrected chi connectivity index (χ2v) is 6.34. The summed E-state index contributed by atoms with van der Waals surface area (Å²) in [5, 5.41) is 12.9. The van der Waals surface area contributed by atoms with Crippen molar-refractivity contribution in [3.05, 3.63) is 0 Å². The molecule has 1 aliphatic heterocycles. The van der Waals surface area contributed by atoms with Crippen LogP contribution in [0.2, 0.25) is 0 Å². The minimum atomic E-state index is -0.538. The highest BCUT2D eigenvalue weighted by Crippen LogP contribution is 2.25. The maximum Gasteiger partial charge on any atom is 0.329 e. The van der Waals surface area contributed by atoms with Crippen molar-refractivity contribution in [2.45, 2.75) is 51.3 Å². The van der Waals surface area contributed by atoms with Gasteiger partial charge < -0.3 is 20.1 Å². The van der Waals surface area contributed by atoms with Crippen molar-refractivity contribution in [3.63, 3.8) is 0 Å². The van der Waals surface area contributed by atoms with Crippen LogP contribution in [0.25, 0.3) is 0 Å². The Kier molecular flexibility index (Phi) is 4.23. The lowest BCUT2D eigenvalue weighted by Crippen LogP contribution is -2.64. The summed E-state index contributed by atoms with van der Waals surface area (Å²) in [6.45, 7) is 7.28. The maximum atomic E-state index is 12.0. The van der Waals surface area contributed by atoms with E-state index in [1.807, 2.05) is 27.7 Å². The van der Waals surface area contributed by atoms with Gasteiger partial charge in [-0.15, -0.1) is 0 Å². The van der Waals surface area contributed by atoms with Gasteiger partial charge in [-0.3, -0.25) is 0 Å². The third kappa shape index (κ3) is 3.32. The predicted molar refractivity (Wildman–Crippen MR) is 73.2 cm³/mol. The Hall–Kier alpha value is -0.880. The Labute approximate surface area is 113 Å². The number of likely N-dealkylation sites (N-methyl/N-ethyl adjacent to an activating group) is 1. The van der Waals surface area contributed by atoms with Crippen LogP contribution in [0.4, 0.5) is 0 Å². The van der Waals surface area contributed by atoms with Crippen molar-refractivity contribution in [1.29, 1.82) is 0 Å². The summed E-state index contributed by atoms with van der Waals surface area (Å²) in [6.07, 6.45) is 0.453. The van der Waals surface area contributed by atoms with Crippen LogP contribution in [0.3, 0.4) is 0 Å². The number of ether oxygens (including phenoxy) is 1. The molecule has 1 aliphatic rings. The molecular formula is C12H22N2O3S. The molecule has 0 aromatic carbocycles. The highest BCUT2D eigenvalue weighted by Gasteiger charge is 2.42. The van der Waals surface area contributed by atoms with Crippen molar-refractivity contribution >= 4 is 23.3 Å². The van der Waals surface area contributed by atoms with Crippen LogP contribution < -0.4 is 5.32 Å². The number of aliphatic hydroxyl groups excluding tert-OH is 1. The Bertz CT molecular complexity index is 354. The van der Waals surface area contributed by atoms with E-state index in [1.54, 1.807) is 11.9 Å². The Morgan fingerprint density at radius 2 is 2.22 bits per heavy atom. The molecule has 1 heterocycles. The molecule has 104 valence electrons. The average molecular weight is 274 g/mol. The first-order chi connectivity index (χ1) is 8.09. The number of carbonyl (C=O) groups is 1. The van der Waals surface area contributed by atoms with Crippen LogP contribution in [0.5, 0.6) is 0 Å². The van der Waals surface area contributed by atoms with Gasteiger partial charge in [0, 0.05) is 13.5 Å². The van der Waals surface area contributed by atoms with Gasteiger partial charge in [0.1, 0.15) is 11.6 Å². The second-order valence-electron chi connectivity index (χ2n) is 5.95. The molecule has 0 radical (unpaired) electrons. The molecule has 0 aromatic rings. The van der Waals surface area contributed by atoms with Crippen LogP contribution in [0, 0.1) is 0 Å². The number of nitrogens with zero attached hydrogens (tertiary/aromatic N) is 1. The van der Waals surface area contributed by atoms with Gasteiger partial charge in [0.2, 0.25) is 0 Å². The summed E-state index contributed by atoms with van der Waals surface area (Å²) in [5.41, 5.74) is -1.07.